The molecule has 1 atom stereocenters. The zero-order chi connectivity index (χ0) is 23.6. The van der Waals surface area contributed by atoms with Crippen LogP contribution >= 0.6 is 0 Å². The minimum absolute atomic E-state index is 0.0990. The van der Waals surface area contributed by atoms with Gasteiger partial charge in [-0.1, -0.05) is 44.0 Å². The van der Waals surface area contributed by atoms with Gasteiger partial charge in [0.25, 0.3) is 11.8 Å². The number of aryl methyl sites for hydroxylation is 1. The van der Waals surface area contributed by atoms with Gasteiger partial charge in [0, 0.05) is 19.1 Å². The summed E-state index contributed by atoms with van der Waals surface area (Å²) in [6, 6.07) is 8.22. The molecule has 2 aliphatic rings. The minimum Gasteiger partial charge on any atom is -0.351 e. The van der Waals surface area contributed by atoms with Gasteiger partial charge in [0.05, 0.1) is 12.9 Å². The fourth-order valence-corrected chi connectivity index (χ4v) is 4.92. The molecular weight excluding hydrogens is 418 g/mol. The maximum atomic E-state index is 13.4. The van der Waals surface area contributed by atoms with Crippen molar-refractivity contribution >= 4 is 17.7 Å². The van der Waals surface area contributed by atoms with E-state index in [9.17, 15) is 14.4 Å². The van der Waals surface area contributed by atoms with E-state index >= 15 is 0 Å². The quantitative estimate of drug-likeness (QED) is 0.676. The molecule has 1 aliphatic carbocycles. The van der Waals surface area contributed by atoms with Crippen molar-refractivity contribution in [2.45, 2.75) is 77.5 Å². The van der Waals surface area contributed by atoms with Gasteiger partial charge in [-0.2, -0.15) is 0 Å². The van der Waals surface area contributed by atoms with Crippen LogP contribution in [-0.4, -0.2) is 50.3 Å². The Hall–Kier alpha value is -3.16. The first kappa shape index (κ1) is 23.0. The summed E-state index contributed by atoms with van der Waals surface area (Å²) in [6.45, 7) is 6.72. The Morgan fingerprint density at radius 2 is 1.79 bits per heavy atom. The first-order chi connectivity index (χ1) is 15.9. The Kier molecular flexibility index (Phi) is 6.54. The SMILES string of the molecule is CCc1ccc(CNC(=O)c2ncn3c2C(=O)N(CC)C(C)(C(=O)NC2CCCC2)C3)cc1. The van der Waals surface area contributed by atoms with E-state index in [2.05, 4.69) is 22.5 Å². The highest BCUT2D eigenvalue weighted by Gasteiger charge is 2.48. The predicted octanol–water partition coefficient (Wildman–Crippen LogP) is 2.67. The number of hydrogen-bond acceptors (Lipinski definition) is 4. The number of nitrogens with one attached hydrogen (secondary N) is 2. The number of hydrogen-bond donors (Lipinski definition) is 2. The largest absolute Gasteiger partial charge is 0.351 e. The molecule has 1 aromatic carbocycles. The highest BCUT2D eigenvalue weighted by atomic mass is 16.2. The number of likely N-dealkylation sites (N-methyl/N-ethyl adjacent to an activating group) is 1. The highest BCUT2D eigenvalue weighted by molar-refractivity contribution is 6.07. The normalized spacial score (nSPS) is 20.6. The second-order valence-corrected chi connectivity index (χ2v) is 9.20. The van der Waals surface area contributed by atoms with Crippen molar-refractivity contribution in [3.63, 3.8) is 0 Å². The van der Waals surface area contributed by atoms with E-state index in [0.717, 1.165) is 37.7 Å². The molecule has 0 spiro atoms. The third kappa shape index (κ3) is 4.38. The van der Waals surface area contributed by atoms with E-state index in [-0.39, 0.29) is 35.8 Å². The first-order valence-corrected chi connectivity index (χ1v) is 11.9. The lowest BCUT2D eigenvalue weighted by Crippen LogP contribution is -2.64. The van der Waals surface area contributed by atoms with Crippen LogP contribution in [0.4, 0.5) is 0 Å². The lowest BCUT2D eigenvalue weighted by atomic mass is 9.94. The molecule has 33 heavy (non-hydrogen) atoms. The van der Waals surface area contributed by atoms with Crippen LogP contribution in [0, 0.1) is 0 Å². The van der Waals surface area contributed by atoms with E-state index in [1.165, 1.54) is 11.9 Å². The van der Waals surface area contributed by atoms with Gasteiger partial charge < -0.3 is 20.1 Å². The van der Waals surface area contributed by atoms with Crippen LogP contribution in [0.1, 0.15) is 78.6 Å². The van der Waals surface area contributed by atoms with Crippen LogP contribution in [0.25, 0.3) is 0 Å². The smallest absolute Gasteiger partial charge is 0.273 e. The van der Waals surface area contributed by atoms with E-state index in [4.69, 9.17) is 0 Å². The number of nitrogens with zero attached hydrogens (tertiary/aromatic N) is 3. The maximum absolute atomic E-state index is 13.4. The number of amides is 3. The molecule has 1 fully saturated rings. The minimum atomic E-state index is -1.03. The lowest BCUT2D eigenvalue weighted by Gasteiger charge is -2.43. The number of fused-ring (bicyclic) bond motifs is 1. The van der Waals surface area contributed by atoms with Crippen molar-refractivity contribution in [3.05, 3.63) is 53.1 Å². The summed E-state index contributed by atoms with van der Waals surface area (Å²) in [5.41, 5.74) is 1.52. The Bertz CT molecular complexity index is 1040. The van der Waals surface area contributed by atoms with Gasteiger partial charge in [-0.05, 0) is 44.2 Å². The summed E-state index contributed by atoms with van der Waals surface area (Å²) in [6.07, 6.45) is 6.64. The van der Waals surface area contributed by atoms with Gasteiger partial charge in [0.2, 0.25) is 5.91 Å². The number of carbonyl (C=O) groups excluding carboxylic acids is 3. The van der Waals surface area contributed by atoms with Crippen molar-refractivity contribution in [2.75, 3.05) is 6.54 Å². The Morgan fingerprint density at radius 3 is 2.42 bits per heavy atom. The van der Waals surface area contributed by atoms with E-state index in [0.29, 0.717) is 13.1 Å². The van der Waals surface area contributed by atoms with E-state index < -0.39 is 11.4 Å². The summed E-state index contributed by atoms with van der Waals surface area (Å²) in [7, 11) is 0. The molecule has 1 aliphatic heterocycles. The molecule has 176 valence electrons. The monoisotopic (exact) mass is 451 g/mol. The Balaban J connectivity index is 1.51. The number of benzene rings is 1. The number of rotatable bonds is 7. The standard InChI is InChI=1S/C25H33N5O3/c1-4-17-10-12-18(13-11-17)14-26-22(31)20-21-23(32)30(5-2)25(3,15-29(21)16-27-20)24(33)28-19-8-6-7-9-19/h10-13,16,19H,4-9,14-15H2,1-3H3,(H,26,31)(H,28,33). The molecule has 2 aromatic rings. The van der Waals surface area contributed by atoms with Gasteiger partial charge in [-0.3, -0.25) is 14.4 Å². The third-order valence-electron chi connectivity index (χ3n) is 6.95. The van der Waals surface area contributed by atoms with Crippen LogP contribution in [-0.2, 0) is 24.3 Å². The molecule has 4 rings (SSSR count). The third-order valence-corrected chi connectivity index (χ3v) is 6.95. The maximum Gasteiger partial charge on any atom is 0.273 e. The molecule has 8 nitrogen and oxygen atoms in total. The van der Waals surface area contributed by atoms with Crippen LogP contribution in [0.5, 0.6) is 0 Å². The second kappa shape index (κ2) is 9.37. The molecule has 0 bridgehead atoms. The lowest BCUT2D eigenvalue weighted by molar-refractivity contribution is -0.133. The summed E-state index contributed by atoms with van der Waals surface area (Å²) in [5, 5.41) is 6.00. The van der Waals surface area contributed by atoms with Gasteiger partial charge in [-0.15, -0.1) is 0 Å². The Morgan fingerprint density at radius 1 is 1.12 bits per heavy atom. The average Bonchev–Trinajstić information content (AvgIpc) is 3.48. The van der Waals surface area contributed by atoms with Crippen LogP contribution in [0.3, 0.4) is 0 Å². The molecular formula is C25H33N5O3. The van der Waals surface area contributed by atoms with Crippen molar-refractivity contribution < 1.29 is 14.4 Å². The molecule has 1 aromatic heterocycles. The molecule has 1 unspecified atom stereocenters. The van der Waals surface area contributed by atoms with Crippen LogP contribution in [0.15, 0.2) is 30.6 Å². The van der Waals surface area contributed by atoms with Crippen molar-refractivity contribution in [2.24, 2.45) is 0 Å². The molecule has 1 saturated carbocycles. The first-order valence-electron chi connectivity index (χ1n) is 11.9. The molecule has 2 heterocycles. The van der Waals surface area contributed by atoms with Gasteiger partial charge in [0.15, 0.2) is 5.69 Å². The van der Waals surface area contributed by atoms with Gasteiger partial charge in [0.1, 0.15) is 11.2 Å². The average molecular weight is 452 g/mol. The predicted molar refractivity (Wildman–Crippen MR) is 125 cm³/mol. The number of aromatic nitrogens is 2. The van der Waals surface area contributed by atoms with E-state index in [1.807, 2.05) is 31.2 Å². The van der Waals surface area contributed by atoms with E-state index in [1.54, 1.807) is 16.4 Å². The topological polar surface area (TPSA) is 96.3 Å². The van der Waals surface area contributed by atoms with Crippen LogP contribution in [0.2, 0.25) is 0 Å². The Labute approximate surface area is 194 Å². The molecule has 0 saturated heterocycles. The molecule has 0 radical (unpaired) electrons. The fraction of sp³-hybridized carbons (Fsp3) is 0.520. The van der Waals surface area contributed by atoms with Crippen molar-refractivity contribution in [3.8, 4) is 0 Å². The van der Waals surface area contributed by atoms with Crippen LogP contribution < -0.4 is 10.6 Å². The second-order valence-electron chi connectivity index (χ2n) is 9.20. The highest BCUT2D eigenvalue weighted by Crippen LogP contribution is 2.29. The zero-order valence-corrected chi connectivity index (χ0v) is 19.7. The molecule has 8 heteroatoms. The fourth-order valence-electron chi connectivity index (χ4n) is 4.92. The number of carbonyl (C=O) groups is 3. The van der Waals surface area contributed by atoms with Crippen molar-refractivity contribution in [1.29, 1.82) is 0 Å². The van der Waals surface area contributed by atoms with Gasteiger partial charge in [-0.25, -0.2) is 4.98 Å². The zero-order valence-electron chi connectivity index (χ0n) is 19.7. The van der Waals surface area contributed by atoms with Gasteiger partial charge >= 0.3 is 0 Å². The number of imidazole rings is 1. The van der Waals surface area contributed by atoms with Crippen molar-refractivity contribution in [1.82, 2.24) is 25.1 Å². The summed E-state index contributed by atoms with van der Waals surface area (Å²) in [5.74, 6) is -0.889. The summed E-state index contributed by atoms with van der Waals surface area (Å²) < 4.78 is 1.65. The summed E-state index contributed by atoms with van der Waals surface area (Å²) in [4.78, 5) is 45.4. The molecule has 3 amide bonds. The molecule has 2 N–H and O–H groups in total. The summed E-state index contributed by atoms with van der Waals surface area (Å²) >= 11 is 0.